The Bertz CT molecular complexity index is 1120. The normalized spacial score (nSPS) is 18.2. The number of hydrogen-bond donors (Lipinski definition) is 1. The van der Waals surface area contributed by atoms with Gasteiger partial charge in [0.15, 0.2) is 0 Å². The number of methoxy groups -OCH3 is 1. The van der Waals surface area contributed by atoms with Crippen LogP contribution >= 0.6 is 0 Å². The van der Waals surface area contributed by atoms with Crippen molar-refractivity contribution in [1.29, 1.82) is 0 Å². The number of rotatable bonds is 6. The van der Waals surface area contributed by atoms with E-state index < -0.39 is 5.41 Å². The number of carbonyl (C=O) groups excluding carboxylic acids is 2. The molecule has 0 bridgehead atoms. The molecule has 2 N–H and O–H groups in total. The maximum atomic E-state index is 13.2. The molecule has 1 atom stereocenters. The number of primary amides is 1. The summed E-state index contributed by atoms with van der Waals surface area (Å²) in [5.74, 6) is 0.150. The number of carbonyl (C=O) groups is 2. The van der Waals surface area contributed by atoms with Crippen molar-refractivity contribution in [1.82, 2.24) is 9.88 Å². The Balaban J connectivity index is 1.58. The molecule has 164 valence electrons. The summed E-state index contributed by atoms with van der Waals surface area (Å²) in [6, 6.07) is 19.1. The minimum absolute atomic E-state index is 0.111. The van der Waals surface area contributed by atoms with Crippen LogP contribution in [-0.2, 0) is 11.2 Å². The predicted molar refractivity (Wildman–Crippen MR) is 123 cm³/mol. The van der Waals surface area contributed by atoms with E-state index in [-0.39, 0.29) is 11.8 Å². The Kier molecular flexibility index (Phi) is 6.21. The van der Waals surface area contributed by atoms with Crippen molar-refractivity contribution in [2.45, 2.75) is 19.3 Å². The number of ether oxygens (including phenoxy) is 1. The highest BCUT2D eigenvalue weighted by Crippen LogP contribution is 2.35. The van der Waals surface area contributed by atoms with Gasteiger partial charge in [0.2, 0.25) is 5.91 Å². The molecule has 2 amide bonds. The number of pyridine rings is 1. The van der Waals surface area contributed by atoms with Gasteiger partial charge in [0.05, 0.1) is 12.5 Å². The number of nitrogens with two attached hydrogens (primary N) is 1. The molecule has 4 rings (SSSR count). The van der Waals surface area contributed by atoms with E-state index in [1.165, 1.54) is 0 Å². The summed E-state index contributed by atoms with van der Waals surface area (Å²) < 4.78 is 5.25. The quantitative estimate of drug-likeness (QED) is 0.647. The number of hydrogen-bond acceptors (Lipinski definition) is 4. The van der Waals surface area contributed by atoms with E-state index in [1.807, 2.05) is 30.3 Å². The lowest BCUT2D eigenvalue weighted by atomic mass is 9.74. The largest absolute Gasteiger partial charge is 0.497 e. The first-order valence-corrected chi connectivity index (χ1v) is 10.7. The summed E-state index contributed by atoms with van der Waals surface area (Å²) >= 11 is 0. The number of nitrogens with zero attached hydrogens (tertiary/aromatic N) is 2. The number of likely N-dealkylation sites (tertiary alicyclic amines) is 1. The van der Waals surface area contributed by atoms with Gasteiger partial charge in [-0.3, -0.25) is 14.6 Å². The van der Waals surface area contributed by atoms with E-state index in [0.717, 1.165) is 23.1 Å². The molecular weight excluding hydrogens is 402 g/mol. The van der Waals surface area contributed by atoms with E-state index in [4.69, 9.17) is 10.5 Å². The lowest BCUT2D eigenvalue weighted by molar-refractivity contribution is -0.130. The van der Waals surface area contributed by atoms with Gasteiger partial charge in [-0.05, 0) is 66.3 Å². The van der Waals surface area contributed by atoms with E-state index in [0.29, 0.717) is 37.2 Å². The third-order valence-corrected chi connectivity index (χ3v) is 6.19. The topological polar surface area (TPSA) is 85.5 Å². The van der Waals surface area contributed by atoms with Crippen LogP contribution in [0.25, 0.3) is 11.1 Å². The smallest absolute Gasteiger partial charge is 0.254 e. The van der Waals surface area contributed by atoms with Gasteiger partial charge >= 0.3 is 0 Å². The molecule has 6 heteroatoms. The highest BCUT2D eigenvalue weighted by molar-refractivity contribution is 5.95. The van der Waals surface area contributed by atoms with Crippen LogP contribution in [0.4, 0.5) is 0 Å². The van der Waals surface area contributed by atoms with Crippen molar-refractivity contribution in [3.8, 4) is 16.9 Å². The molecule has 1 saturated heterocycles. The van der Waals surface area contributed by atoms with Crippen molar-refractivity contribution in [3.63, 3.8) is 0 Å². The summed E-state index contributed by atoms with van der Waals surface area (Å²) in [4.78, 5) is 31.7. The summed E-state index contributed by atoms with van der Waals surface area (Å²) in [6.45, 7) is 0.903. The van der Waals surface area contributed by atoms with Gasteiger partial charge in [-0.25, -0.2) is 0 Å². The van der Waals surface area contributed by atoms with Crippen molar-refractivity contribution in [3.05, 3.63) is 84.2 Å². The number of aromatic nitrogens is 1. The van der Waals surface area contributed by atoms with Crippen molar-refractivity contribution < 1.29 is 14.3 Å². The second-order valence-electron chi connectivity index (χ2n) is 8.32. The summed E-state index contributed by atoms with van der Waals surface area (Å²) in [5.41, 5.74) is 8.83. The fourth-order valence-corrected chi connectivity index (χ4v) is 4.47. The zero-order chi connectivity index (χ0) is 22.6. The van der Waals surface area contributed by atoms with Crippen LogP contribution in [0.2, 0.25) is 0 Å². The number of amides is 2. The SMILES string of the molecule is COc1cccc(C(=O)N2CCC[C@@](Cc3cccc(-c4ccncc4)c3)(C(N)=O)C2)c1. The lowest BCUT2D eigenvalue weighted by Crippen LogP contribution is -2.53. The molecule has 0 spiro atoms. The van der Waals surface area contributed by atoms with Gasteiger partial charge < -0.3 is 15.4 Å². The summed E-state index contributed by atoms with van der Waals surface area (Å²) in [5, 5.41) is 0. The highest BCUT2D eigenvalue weighted by atomic mass is 16.5. The average molecular weight is 430 g/mol. The van der Waals surface area contributed by atoms with Gasteiger partial charge in [-0.2, -0.15) is 0 Å². The van der Waals surface area contributed by atoms with Gasteiger partial charge in [-0.1, -0.05) is 30.3 Å². The first-order chi connectivity index (χ1) is 15.5. The molecular formula is C26H27N3O3. The fraction of sp³-hybridized carbons (Fsp3) is 0.269. The zero-order valence-corrected chi connectivity index (χ0v) is 18.2. The molecule has 32 heavy (non-hydrogen) atoms. The molecule has 1 aromatic heterocycles. The molecule has 3 aromatic rings. The Labute approximate surface area is 188 Å². The third-order valence-electron chi connectivity index (χ3n) is 6.19. The average Bonchev–Trinajstić information content (AvgIpc) is 2.84. The maximum absolute atomic E-state index is 13.2. The van der Waals surface area contributed by atoms with Gasteiger partial charge in [0.1, 0.15) is 5.75 Å². The van der Waals surface area contributed by atoms with Crippen LogP contribution in [0.15, 0.2) is 73.1 Å². The van der Waals surface area contributed by atoms with Gasteiger partial charge in [0.25, 0.3) is 5.91 Å². The van der Waals surface area contributed by atoms with Crippen LogP contribution in [0.5, 0.6) is 5.75 Å². The van der Waals surface area contributed by atoms with Crippen molar-refractivity contribution >= 4 is 11.8 Å². The monoisotopic (exact) mass is 429 g/mol. The molecule has 0 saturated carbocycles. The van der Waals surface area contributed by atoms with Crippen LogP contribution in [0.1, 0.15) is 28.8 Å². The van der Waals surface area contributed by atoms with Crippen LogP contribution in [0, 0.1) is 5.41 Å². The van der Waals surface area contributed by atoms with Crippen LogP contribution in [0.3, 0.4) is 0 Å². The second-order valence-corrected chi connectivity index (χ2v) is 8.32. The van der Waals surface area contributed by atoms with Crippen molar-refractivity contribution in [2.75, 3.05) is 20.2 Å². The van der Waals surface area contributed by atoms with Gasteiger partial charge in [-0.15, -0.1) is 0 Å². The first-order valence-electron chi connectivity index (χ1n) is 10.7. The van der Waals surface area contributed by atoms with Crippen LogP contribution < -0.4 is 10.5 Å². The molecule has 1 aliphatic rings. The van der Waals surface area contributed by atoms with E-state index in [9.17, 15) is 9.59 Å². The summed E-state index contributed by atoms with van der Waals surface area (Å²) in [7, 11) is 1.57. The molecule has 0 radical (unpaired) electrons. The van der Waals surface area contributed by atoms with E-state index in [2.05, 4.69) is 11.1 Å². The van der Waals surface area contributed by atoms with E-state index >= 15 is 0 Å². The molecule has 0 aliphatic carbocycles. The lowest BCUT2D eigenvalue weighted by Gasteiger charge is -2.41. The fourth-order valence-electron chi connectivity index (χ4n) is 4.47. The van der Waals surface area contributed by atoms with E-state index in [1.54, 1.807) is 48.7 Å². The predicted octanol–water partition coefficient (Wildman–Crippen LogP) is 3.71. The minimum atomic E-state index is -0.802. The molecule has 1 aliphatic heterocycles. The molecule has 6 nitrogen and oxygen atoms in total. The Hall–Kier alpha value is -3.67. The number of piperidine rings is 1. The molecule has 1 fully saturated rings. The van der Waals surface area contributed by atoms with Gasteiger partial charge in [0, 0.05) is 31.0 Å². The Morgan fingerprint density at radius 3 is 2.59 bits per heavy atom. The first kappa shape index (κ1) is 21.6. The van der Waals surface area contributed by atoms with Crippen LogP contribution in [-0.4, -0.2) is 41.9 Å². The maximum Gasteiger partial charge on any atom is 0.254 e. The molecule has 2 heterocycles. The summed E-state index contributed by atoms with van der Waals surface area (Å²) in [6.07, 6.45) is 5.39. The third kappa shape index (κ3) is 4.49. The minimum Gasteiger partial charge on any atom is -0.497 e. The second kappa shape index (κ2) is 9.22. The standard InChI is InChI=1S/C26H27N3O3/c1-32-23-8-3-7-22(16-23)24(30)29-14-4-11-26(18-29,25(27)31)17-19-5-2-6-21(15-19)20-9-12-28-13-10-20/h2-3,5-10,12-13,15-16H,4,11,14,17-18H2,1H3,(H2,27,31)/t26-/m0/s1. The molecule has 0 unspecified atom stereocenters. The number of benzene rings is 2. The van der Waals surface area contributed by atoms with Crippen molar-refractivity contribution in [2.24, 2.45) is 11.1 Å². The Morgan fingerprint density at radius 2 is 1.84 bits per heavy atom. The highest BCUT2D eigenvalue weighted by Gasteiger charge is 2.42. The Morgan fingerprint density at radius 1 is 1.06 bits per heavy atom. The molecule has 2 aromatic carbocycles. The zero-order valence-electron chi connectivity index (χ0n) is 18.2.